The zero-order valence-electron chi connectivity index (χ0n) is 12.8. The summed E-state index contributed by atoms with van der Waals surface area (Å²) in [7, 11) is 2.11. The van der Waals surface area contributed by atoms with Gasteiger partial charge in [0.2, 0.25) is 0 Å². The molecule has 1 unspecified atom stereocenters. The van der Waals surface area contributed by atoms with Gasteiger partial charge in [0.25, 0.3) is 0 Å². The Morgan fingerprint density at radius 1 is 1.20 bits per heavy atom. The summed E-state index contributed by atoms with van der Waals surface area (Å²) >= 11 is 0. The van der Waals surface area contributed by atoms with Crippen molar-refractivity contribution in [1.29, 1.82) is 0 Å². The molecule has 4 aliphatic carbocycles. The van der Waals surface area contributed by atoms with Crippen LogP contribution in [0.2, 0.25) is 0 Å². The average Bonchev–Trinajstić information content (AvgIpc) is 2.80. The van der Waals surface area contributed by atoms with Gasteiger partial charge in [0.05, 0.1) is 6.26 Å². The van der Waals surface area contributed by atoms with Crippen molar-refractivity contribution in [3.8, 4) is 0 Å². The zero-order chi connectivity index (χ0) is 13.7. The smallest absolute Gasteiger partial charge is 0.105 e. The number of nitrogens with one attached hydrogen (secondary N) is 1. The maximum atomic E-state index is 5.53. The van der Waals surface area contributed by atoms with E-state index in [1.165, 1.54) is 50.5 Å². The topological polar surface area (TPSA) is 25.2 Å². The van der Waals surface area contributed by atoms with Crippen LogP contribution in [0.3, 0.4) is 0 Å². The van der Waals surface area contributed by atoms with Crippen LogP contribution in [0.15, 0.2) is 16.7 Å². The first-order chi connectivity index (χ1) is 9.67. The highest BCUT2D eigenvalue weighted by atomic mass is 16.3. The Hall–Kier alpha value is -0.760. The predicted octanol–water partition coefficient (Wildman–Crippen LogP) is 4.46. The SMILES string of the molecule is CNC(CC12CC3CC(CC(C3)C1)C2)c1ccoc1C. The van der Waals surface area contributed by atoms with Crippen molar-refractivity contribution in [2.24, 2.45) is 23.2 Å². The van der Waals surface area contributed by atoms with Gasteiger partial charge in [-0.2, -0.15) is 0 Å². The van der Waals surface area contributed by atoms with E-state index < -0.39 is 0 Å². The molecule has 0 radical (unpaired) electrons. The maximum absolute atomic E-state index is 5.53. The molecule has 1 N–H and O–H groups in total. The first-order valence-electron chi connectivity index (χ1n) is 8.39. The van der Waals surface area contributed by atoms with Gasteiger partial charge in [-0.3, -0.25) is 0 Å². The minimum atomic E-state index is 0.477. The molecule has 1 atom stereocenters. The Bertz CT molecular complexity index is 454. The zero-order valence-corrected chi connectivity index (χ0v) is 12.8. The lowest BCUT2D eigenvalue weighted by Crippen LogP contribution is -2.47. The maximum Gasteiger partial charge on any atom is 0.105 e. The molecule has 0 aliphatic heterocycles. The number of aryl methyl sites for hydroxylation is 1. The fourth-order valence-corrected chi connectivity index (χ4v) is 6.10. The Morgan fingerprint density at radius 2 is 1.80 bits per heavy atom. The van der Waals surface area contributed by atoms with Crippen LogP contribution in [0, 0.1) is 30.1 Å². The van der Waals surface area contributed by atoms with Gasteiger partial charge in [-0.15, -0.1) is 0 Å². The highest BCUT2D eigenvalue weighted by molar-refractivity contribution is 5.21. The Kier molecular flexibility index (Phi) is 2.99. The van der Waals surface area contributed by atoms with Crippen molar-refractivity contribution >= 4 is 0 Å². The van der Waals surface area contributed by atoms with E-state index in [1.807, 2.05) is 6.26 Å². The summed E-state index contributed by atoms with van der Waals surface area (Å²) in [5.41, 5.74) is 2.01. The standard InChI is InChI=1S/C18H27NO/c1-12-16(3-4-20-12)17(19-2)11-18-8-13-5-14(9-18)7-15(6-13)10-18/h3-4,13-15,17,19H,5-11H2,1-2H3. The Labute approximate surface area is 122 Å². The monoisotopic (exact) mass is 273 g/mol. The number of furan rings is 1. The molecule has 4 saturated carbocycles. The summed E-state index contributed by atoms with van der Waals surface area (Å²) in [6.45, 7) is 2.10. The van der Waals surface area contributed by atoms with Gasteiger partial charge >= 0.3 is 0 Å². The molecule has 0 saturated heterocycles. The second-order valence-corrected chi connectivity index (χ2v) is 7.90. The molecule has 110 valence electrons. The van der Waals surface area contributed by atoms with E-state index in [0.29, 0.717) is 11.5 Å². The molecule has 0 aromatic carbocycles. The van der Waals surface area contributed by atoms with E-state index in [9.17, 15) is 0 Å². The molecular weight excluding hydrogens is 246 g/mol. The fourth-order valence-electron chi connectivity index (χ4n) is 6.10. The van der Waals surface area contributed by atoms with Gasteiger partial charge in [0, 0.05) is 11.6 Å². The van der Waals surface area contributed by atoms with E-state index in [-0.39, 0.29) is 0 Å². The van der Waals surface area contributed by atoms with Crippen LogP contribution < -0.4 is 5.32 Å². The van der Waals surface area contributed by atoms with Crippen molar-refractivity contribution in [3.63, 3.8) is 0 Å². The van der Waals surface area contributed by atoms with Crippen molar-refractivity contribution in [3.05, 3.63) is 23.7 Å². The minimum Gasteiger partial charge on any atom is -0.469 e. The van der Waals surface area contributed by atoms with Crippen molar-refractivity contribution in [2.45, 2.75) is 57.9 Å². The first-order valence-corrected chi connectivity index (χ1v) is 8.39. The van der Waals surface area contributed by atoms with Gasteiger partial charge in [-0.05, 0) is 88.2 Å². The molecule has 5 rings (SSSR count). The molecule has 1 aromatic heterocycles. The van der Waals surface area contributed by atoms with E-state index >= 15 is 0 Å². The summed E-state index contributed by atoms with van der Waals surface area (Å²) < 4.78 is 5.53. The largest absolute Gasteiger partial charge is 0.469 e. The molecule has 4 aliphatic rings. The third-order valence-electron chi connectivity index (χ3n) is 6.43. The fraction of sp³-hybridized carbons (Fsp3) is 0.778. The highest BCUT2D eigenvalue weighted by Gasteiger charge is 2.51. The van der Waals surface area contributed by atoms with Gasteiger partial charge < -0.3 is 9.73 Å². The van der Waals surface area contributed by atoms with Crippen LogP contribution in [0.4, 0.5) is 0 Å². The highest BCUT2D eigenvalue weighted by Crippen LogP contribution is 2.62. The lowest BCUT2D eigenvalue weighted by atomic mass is 9.48. The Balaban J connectivity index is 1.57. The lowest BCUT2D eigenvalue weighted by Gasteiger charge is -2.57. The normalized spacial score (nSPS) is 40.2. The van der Waals surface area contributed by atoms with E-state index in [0.717, 1.165) is 23.5 Å². The summed E-state index contributed by atoms with van der Waals surface area (Å²) in [5, 5.41) is 3.56. The van der Waals surface area contributed by atoms with Crippen LogP contribution in [-0.2, 0) is 0 Å². The lowest BCUT2D eigenvalue weighted by molar-refractivity contribution is -0.0620. The molecule has 20 heavy (non-hydrogen) atoms. The van der Waals surface area contributed by atoms with Gasteiger partial charge in [-0.1, -0.05) is 0 Å². The number of hydrogen-bond donors (Lipinski definition) is 1. The summed E-state index contributed by atoms with van der Waals surface area (Å²) in [4.78, 5) is 0. The van der Waals surface area contributed by atoms with Crippen LogP contribution in [-0.4, -0.2) is 7.05 Å². The third-order valence-corrected chi connectivity index (χ3v) is 6.43. The molecule has 2 heteroatoms. The van der Waals surface area contributed by atoms with Gasteiger partial charge in [-0.25, -0.2) is 0 Å². The summed E-state index contributed by atoms with van der Waals surface area (Å²) in [5.74, 6) is 4.23. The minimum absolute atomic E-state index is 0.477. The number of hydrogen-bond acceptors (Lipinski definition) is 2. The molecule has 0 spiro atoms. The van der Waals surface area contributed by atoms with Crippen LogP contribution >= 0.6 is 0 Å². The molecule has 4 bridgehead atoms. The average molecular weight is 273 g/mol. The van der Waals surface area contributed by atoms with E-state index in [4.69, 9.17) is 4.42 Å². The van der Waals surface area contributed by atoms with Crippen LogP contribution in [0.5, 0.6) is 0 Å². The first kappa shape index (κ1) is 12.9. The van der Waals surface area contributed by atoms with Crippen molar-refractivity contribution in [1.82, 2.24) is 5.32 Å². The predicted molar refractivity (Wildman–Crippen MR) is 80.5 cm³/mol. The molecular formula is C18H27NO. The third kappa shape index (κ3) is 2.04. The summed E-state index contributed by atoms with van der Waals surface area (Å²) in [6, 6.07) is 2.64. The quantitative estimate of drug-likeness (QED) is 0.876. The number of rotatable bonds is 4. The molecule has 1 heterocycles. The molecule has 4 fully saturated rings. The van der Waals surface area contributed by atoms with Gasteiger partial charge in [0.15, 0.2) is 0 Å². The molecule has 0 amide bonds. The molecule has 2 nitrogen and oxygen atoms in total. The Morgan fingerprint density at radius 3 is 2.25 bits per heavy atom. The second-order valence-electron chi connectivity index (χ2n) is 7.90. The summed E-state index contributed by atoms with van der Waals surface area (Å²) in [6.07, 6.45) is 12.2. The van der Waals surface area contributed by atoms with Crippen molar-refractivity contribution < 1.29 is 4.42 Å². The van der Waals surface area contributed by atoms with Crippen molar-refractivity contribution in [2.75, 3.05) is 7.05 Å². The van der Waals surface area contributed by atoms with E-state index in [2.05, 4.69) is 25.4 Å². The van der Waals surface area contributed by atoms with Crippen LogP contribution in [0.25, 0.3) is 0 Å². The van der Waals surface area contributed by atoms with Crippen LogP contribution in [0.1, 0.15) is 62.3 Å². The van der Waals surface area contributed by atoms with E-state index in [1.54, 1.807) is 0 Å². The second kappa shape index (κ2) is 4.62. The van der Waals surface area contributed by atoms with Gasteiger partial charge in [0.1, 0.15) is 5.76 Å². The molecule has 1 aromatic rings.